The standard InChI is InChI=1S/C30H35N3O/c1-19-17-23(27-24(18-19)29(3,4)15-16-30(27,5)6)20(2)21-11-13-22(14-12-21)32-28(34)33-26-10-8-7-9-25(26)31/h7-14,17-18H,2,15-16,31H2,1,3-6H3,(H2,32,33,34). The highest BCUT2D eigenvalue weighted by Gasteiger charge is 2.39. The Morgan fingerprint density at radius 2 is 1.56 bits per heavy atom. The number of hydrogen-bond donors (Lipinski definition) is 3. The van der Waals surface area contributed by atoms with Crippen molar-refractivity contribution >= 4 is 28.7 Å². The Balaban J connectivity index is 1.59. The van der Waals surface area contributed by atoms with Crippen LogP contribution in [0.25, 0.3) is 5.57 Å². The molecule has 0 aromatic heterocycles. The zero-order valence-corrected chi connectivity index (χ0v) is 20.9. The molecule has 1 aliphatic rings. The Kier molecular flexibility index (Phi) is 6.03. The molecule has 0 aliphatic heterocycles. The van der Waals surface area contributed by atoms with Gasteiger partial charge >= 0.3 is 6.03 Å². The molecule has 1 aliphatic carbocycles. The number of anilines is 3. The van der Waals surface area contributed by atoms with Crippen LogP contribution in [0.1, 0.15) is 68.4 Å². The van der Waals surface area contributed by atoms with Crippen molar-refractivity contribution in [2.75, 3.05) is 16.4 Å². The second-order valence-corrected chi connectivity index (χ2v) is 10.7. The molecule has 0 radical (unpaired) electrons. The molecule has 0 heterocycles. The lowest BCUT2D eigenvalue weighted by molar-refractivity contribution is 0.262. The summed E-state index contributed by atoms with van der Waals surface area (Å²) in [6, 6.07) is 19.3. The maximum atomic E-state index is 12.4. The van der Waals surface area contributed by atoms with Crippen LogP contribution in [0.5, 0.6) is 0 Å². The molecule has 34 heavy (non-hydrogen) atoms. The molecule has 0 fully saturated rings. The van der Waals surface area contributed by atoms with Gasteiger partial charge in [0.05, 0.1) is 11.4 Å². The summed E-state index contributed by atoms with van der Waals surface area (Å²) in [4.78, 5) is 12.4. The molecule has 176 valence electrons. The number of rotatable bonds is 4. The lowest BCUT2D eigenvalue weighted by atomic mass is 9.61. The monoisotopic (exact) mass is 453 g/mol. The maximum Gasteiger partial charge on any atom is 0.323 e. The van der Waals surface area contributed by atoms with Crippen LogP contribution in [-0.2, 0) is 10.8 Å². The van der Waals surface area contributed by atoms with Crippen molar-refractivity contribution in [3.05, 3.63) is 95.1 Å². The fourth-order valence-corrected chi connectivity index (χ4v) is 4.98. The number of carbonyl (C=O) groups is 1. The van der Waals surface area contributed by atoms with E-state index in [0.29, 0.717) is 17.1 Å². The summed E-state index contributed by atoms with van der Waals surface area (Å²) in [5.74, 6) is 0. The summed E-state index contributed by atoms with van der Waals surface area (Å²) in [7, 11) is 0. The van der Waals surface area contributed by atoms with Crippen molar-refractivity contribution in [2.24, 2.45) is 0 Å². The molecule has 4 heteroatoms. The highest BCUT2D eigenvalue weighted by atomic mass is 16.2. The SMILES string of the molecule is C=C(c1ccc(NC(=O)Nc2ccccc2N)cc1)c1cc(C)cc2c1C(C)(C)CCC2(C)C. The van der Waals surface area contributed by atoms with Crippen LogP contribution in [0.15, 0.2) is 67.2 Å². The first-order chi connectivity index (χ1) is 16.0. The second kappa shape index (κ2) is 8.68. The van der Waals surface area contributed by atoms with Crippen LogP contribution >= 0.6 is 0 Å². The molecule has 3 aromatic rings. The molecule has 0 saturated carbocycles. The van der Waals surface area contributed by atoms with Crippen molar-refractivity contribution in [1.82, 2.24) is 0 Å². The number of fused-ring (bicyclic) bond motifs is 1. The van der Waals surface area contributed by atoms with Gasteiger partial charge in [-0.2, -0.15) is 0 Å². The zero-order valence-electron chi connectivity index (χ0n) is 20.9. The fraction of sp³-hybridized carbons (Fsp3) is 0.300. The van der Waals surface area contributed by atoms with Gasteiger partial charge in [-0.15, -0.1) is 0 Å². The Morgan fingerprint density at radius 3 is 2.24 bits per heavy atom. The van der Waals surface area contributed by atoms with Gasteiger partial charge in [0.25, 0.3) is 0 Å². The van der Waals surface area contributed by atoms with Crippen LogP contribution in [0.3, 0.4) is 0 Å². The van der Waals surface area contributed by atoms with E-state index in [1.807, 2.05) is 36.4 Å². The lowest BCUT2D eigenvalue weighted by Gasteiger charge is -2.43. The number of nitrogens with two attached hydrogens (primary N) is 1. The van der Waals surface area contributed by atoms with Crippen LogP contribution in [0, 0.1) is 6.92 Å². The first kappa shape index (κ1) is 23.6. The Morgan fingerprint density at radius 1 is 0.912 bits per heavy atom. The van der Waals surface area contributed by atoms with E-state index in [0.717, 1.165) is 17.6 Å². The van der Waals surface area contributed by atoms with Crippen LogP contribution in [-0.4, -0.2) is 6.03 Å². The molecule has 0 saturated heterocycles. The van der Waals surface area contributed by atoms with Crippen molar-refractivity contribution < 1.29 is 4.79 Å². The van der Waals surface area contributed by atoms with E-state index in [4.69, 9.17) is 5.73 Å². The summed E-state index contributed by atoms with van der Waals surface area (Å²) in [6.45, 7) is 16.1. The zero-order chi connectivity index (χ0) is 24.7. The number of benzene rings is 3. The predicted octanol–water partition coefficient (Wildman–Crippen LogP) is 7.63. The minimum absolute atomic E-state index is 0.0930. The molecule has 4 rings (SSSR count). The number of carbonyl (C=O) groups excluding carboxylic acids is 1. The van der Waals surface area contributed by atoms with Crippen molar-refractivity contribution in [2.45, 2.75) is 58.3 Å². The molecular formula is C30H35N3O. The lowest BCUT2D eigenvalue weighted by Crippen LogP contribution is -2.35. The third-order valence-corrected chi connectivity index (χ3v) is 7.09. The molecule has 0 atom stereocenters. The van der Waals surface area contributed by atoms with E-state index >= 15 is 0 Å². The number of urea groups is 1. The molecule has 0 bridgehead atoms. The van der Waals surface area contributed by atoms with E-state index in [1.54, 1.807) is 12.1 Å². The average Bonchev–Trinajstić information content (AvgIpc) is 2.78. The number of nitrogens with one attached hydrogen (secondary N) is 2. The number of hydrogen-bond acceptors (Lipinski definition) is 2. The van der Waals surface area contributed by atoms with Gasteiger partial charge in [-0.05, 0) is 82.7 Å². The Bertz CT molecular complexity index is 1250. The third-order valence-electron chi connectivity index (χ3n) is 7.09. The van der Waals surface area contributed by atoms with E-state index in [9.17, 15) is 4.79 Å². The molecular weight excluding hydrogens is 418 g/mol. The van der Waals surface area contributed by atoms with E-state index in [2.05, 4.69) is 64.0 Å². The first-order valence-electron chi connectivity index (χ1n) is 11.9. The van der Waals surface area contributed by atoms with E-state index in [1.165, 1.54) is 28.7 Å². The number of nitrogen functional groups attached to an aromatic ring is 1. The number of para-hydroxylation sites is 2. The fourth-order valence-electron chi connectivity index (χ4n) is 4.98. The quantitative estimate of drug-likeness (QED) is 0.355. The van der Waals surface area contributed by atoms with Gasteiger partial charge in [0.15, 0.2) is 0 Å². The van der Waals surface area contributed by atoms with Gasteiger partial charge < -0.3 is 16.4 Å². The van der Waals surface area contributed by atoms with Gasteiger partial charge in [-0.3, -0.25) is 0 Å². The largest absolute Gasteiger partial charge is 0.397 e. The highest BCUT2D eigenvalue weighted by Crippen LogP contribution is 2.49. The highest BCUT2D eigenvalue weighted by molar-refractivity contribution is 6.01. The number of aryl methyl sites for hydroxylation is 1. The van der Waals surface area contributed by atoms with E-state index in [-0.39, 0.29) is 16.9 Å². The predicted molar refractivity (Wildman–Crippen MR) is 145 cm³/mol. The topological polar surface area (TPSA) is 67.2 Å². The summed E-state index contributed by atoms with van der Waals surface area (Å²) in [6.07, 6.45) is 2.33. The normalized spacial score (nSPS) is 15.8. The van der Waals surface area contributed by atoms with Crippen LogP contribution < -0.4 is 16.4 Å². The van der Waals surface area contributed by atoms with Gasteiger partial charge in [0, 0.05) is 5.69 Å². The van der Waals surface area contributed by atoms with Crippen LogP contribution in [0.4, 0.5) is 21.9 Å². The molecule has 3 aromatic carbocycles. The van der Waals surface area contributed by atoms with Crippen molar-refractivity contribution in [3.63, 3.8) is 0 Å². The summed E-state index contributed by atoms with van der Waals surface area (Å²) >= 11 is 0. The summed E-state index contributed by atoms with van der Waals surface area (Å²) in [5, 5.41) is 5.66. The van der Waals surface area contributed by atoms with Gasteiger partial charge in [0.2, 0.25) is 0 Å². The molecule has 2 amide bonds. The third kappa shape index (κ3) is 4.58. The summed E-state index contributed by atoms with van der Waals surface area (Å²) < 4.78 is 0. The molecule has 0 unspecified atom stereocenters. The smallest absolute Gasteiger partial charge is 0.323 e. The molecule has 4 nitrogen and oxygen atoms in total. The van der Waals surface area contributed by atoms with Gasteiger partial charge in [-0.25, -0.2) is 4.79 Å². The summed E-state index contributed by atoms with van der Waals surface area (Å²) in [5.41, 5.74) is 15.4. The van der Waals surface area contributed by atoms with Crippen LogP contribution in [0.2, 0.25) is 0 Å². The van der Waals surface area contributed by atoms with Crippen molar-refractivity contribution in [3.8, 4) is 0 Å². The van der Waals surface area contributed by atoms with E-state index < -0.39 is 0 Å². The Labute approximate surface area is 203 Å². The molecule has 4 N–H and O–H groups in total. The van der Waals surface area contributed by atoms with Gasteiger partial charge in [0.1, 0.15) is 0 Å². The Hall–Kier alpha value is -3.53. The minimum Gasteiger partial charge on any atom is -0.397 e. The average molecular weight is 454 g/mol. The first-order valence-corrected chi connectivity index (χ1v) is 11.9. The van der Waals surface area contributed by atoms with Gasteiger partial charge in [-0.1, -0.05) is 76.2 Å². The molecule has 0 spiro atoms. The van der Waals surface area contributed by atoms with Crippen molar-refractivity contribution in [1.29, 1.82) is 0 Å². The second-order valence-electron chi connectivity index (χ2n) is 10.7. The number of amides is 2. The minimum atomic E-state index is -0.332. The maximum absolute atomic E-state index is 12.4.